The molecule has 1 rings (SSSR count). The molecule has 0 spiro atoms. The Balaban J connectivity index is 3.22. The molecule has 0 heterocycles. The largest absolute Gasteiger partial charge is 0.427 e. The summed E-state index contributed by atoms with van der Waals surface area (Å²) >= 11 is 0. The Morgan fingerprint density at radius 1 is 1.47 bits per heavy atom. The van der Waals surface area contributed by atoms with Gasteiger partial charge in [0, 0.05) is 12.1 Å². The SMILES string of the molecule is Nc1cc([N+](=O)[O-])c(OC(F)F)cc1F. The maximum Gasteiger partial charge on any atom is 0.387 e. The molecule has 0 bridgehead atoms. The van der Waals surface area contributed by atoms with E-state index in [4.69, 9.17) is 5.73 Å². The number of ether oxygens (including phenoxy) is 1. The smallest absolute Gasteiger partial charge is 0.387 e. The molecule has 0 atom stereocenters. The molecule has 0 aliphatic rings. The van der Waals surface area contributed by atoms with E-state index < -0.39 is 34.5 Å². The van der Waals surface area contributed by atoms with E-state index in [1.807, 2.05) is 0 Å². The van der Waals surface area contributed by atoms with Gasteiger partial charge in [0.15, 0.2) is 0 Å². The van der Waals surface area contributed by atoms with Crippen molar-refractivity contribution in [3.63, 3.8) is 0 Å². The van der Waals surface area contributed by atoms with E-state index in [1.165, 1.54) is 0 Å². The monoisotopic (exact) mass is 222 g/mol. The number of nitrogen functional groups attached to an aromatic ring is 1. The molecule has 0 radical (unpaired) electrons. The van der Waals surface area contributed by atoms with Crippen molar-refractivity contribution in [2.24, 2.45) is 0 Å². The highest BCUT2D eigenvalue weighted by atomic mass is 19.3. The average Bonchev–Trinajstić information content (AvgIpc) is 2.09. The molecule has 0 aliphatic carbocycles. The van der Waals surface area contributed by atoms with Crippen molar-refractivity contribution in [3.05, 3.63) is 28.1 Å². The van der Waals surface area contributed by atoms with E-state index in [-0.39, 0.29) is 0 Å². The van der Waals surface area contributed by atoms with Crippen LogP contribution in [0.3, 0.4) is 0 Å². The zero-order valence-corrected chi connectivity index (χ0v) is 7.12. The lowest BCUT2D eigenvalue weighted by molar-refractivity contribution is -0.386. The van der Waals surface area contributed by atoms with Crippen LogP contribution in [-0.4, -0.2) is 11.5 Å². The molecular formula is C7H5F3N2O3. The number of rotatable bonds is 3. The molecule has 8 heteroatoms. The van der Waals surface area contributed by atoms with Gasteiger partial charge in [-0.25, -0.2) is 4.39 Å². The van der Waals surface area contributed by atoms with Crippen LogP contribution in [0.15, 0.2) is 12.1 Å². The molecule has 0 fully saturated rings. The standard InChI is InChI=1S/C7H5F3N2O3/c8-3-1-6(15-7(9)10)5(12(13)14)2-4(3)11/h1-2,7H,11H2. The number of nitrogens with zero attached hydrogens (tertiary/aromatic N) is 1. The lowest BCUT2D eigenvalue weighted by Crippen LogP contribution is -2.06. The number of hydrogen-bond acceptors (Lipinski definition) is 4. The number of nitro groups is 1. The van der Waals surface area contributed by atoms with Gasteiger partial charge in [-0.3, -0.25) is 10.1 Å². The van der Waals surface area contributed by atoms with Crippen molar-refractivity contribution < 1.29 is 22.8 Å². The highest BCUT2D eigenvalue weighted by Gasteiger charge is 2.21. The highest BCUT2D eigenvalue weighted by molar-refractivity contribution is 5.57. The number of nitro benzene ring substituents is 1. The molecule has 0 saturated heterocycles. The zero-order valence-electron chi connectivity index (χ0n) is 7.12. The van der Waals surface area contributed by atoms with Crippen LogP contribution in [-0.2, 0) is 0 Å². The maximum atomic E-state index is 12.8. The third-order valence-corrected chi connectivity index (χ3v) is 1.49. The summed E-state index contributed by atoms with van der Waals surface area (Å²) in [6.07, 6.45) is 0. The fourth-order valence-corrected chi connectivity index (χ4v) is 0.893. The predicted molar refractivity (Wildman–Crippen MR) is 44.1 cm³/mol. The van der Waals surface area contributed by atoms with Gasteiger partial charge in [-0.1, -0.05) is 0 Å². The van der Waals surface area contributed by atoms with Crippen molar-refractivity contribution in [2.75, 3.05) is 5.73 Å². The normalized spacial score (nSPS) is 10.4. The van der Waals surface area contributed by atoms with Gasteiger partial charge in [0.2, 0.25) is 5.75 Å². The van der Waals surface area contributed by atoms with Crippen LogP contribution in [0, 0.1) is 15.9 Å². The van der Waals surface area contributed by atoms with Gasteiger partial charge in [0.1, 0.15) is 5.82 Å². The van der Waals surface area contributed by atoms with Crippen LogP contribution in [0.25, 0.3) is 0 Å². The number of alkyl halides is 2. The number of benzene rings is 1. The van der Waals surface area contributed by atoms with E-state index in [1.54, 1.807) is 0 Å². The Labute approximate surface area is 81.4 Å². The Morgan fingerprint density at radius 3 is 2.53 bits per heavy atom. The van der Waals surface area contributed by atoms with E-state index >= 15 is 0 Å². The van der Waals surface area contributed by atoms with Crippen LogP contribution < -0.4 is 10.5 Å². The minimum absolute atomic E-state index is 0.444. The molecule has 0 unspecified atom stereocenters. The van der Waals surface area contributed by atoms with E-state index in [0.29, 0.717) is 12.1 Å². The summed E-state index contributed by atoms with van der Waals surface area (Å²) in [5, 5.41) is 10.4. The molecule has 0 aromatic heterocycles. The van der Waals surface area contributed by atoms with Crippen LogP contribution in [0.2, 0.25) is 0 Å². The first-order valence-electron chi connectivity index (χ1n) is 3.60. The maximum absolute atomic E-state index is 12.8. The molecular weight excluding hydrogens is 217 g/mol. The molecule has 2 N–H and O–H groups in total. The summed E-state index contributed by atoms with van der Waals surface area (Å²) in [6.45, 7) is -3.27. The second-order valence-electron chi connectivity index (χ2n) is 2.48. The van der Waals surface area contributed by atoms with Gasteiger partial charge in [-0.2, -0.15) is 8.78 Å². The van der Waals surface area contributed by atoms with Crippen molar-refractivity contribution in [3.8, 4) is 5.75 Å². The Hall–Kier alpha value is -1.99. The summed E-state index contributed by atoms with van der Waals surface area (Å²) in [5.41, 5.74) is 3.71. The second kappa shape index (κ2) is 4.03. The van der Waals surface area contributed by atoms with Crippen molar-refractivity contribution in [2.45, 2.75) is 6.61 Å². The molecule has 5 nitrogen and oxygen atoms in total. The first-order valence-corrected chi connectivity index (χ1v) is 3.60. The van der Waals surface area contributed by atoms with Crippen molar-refractivity contribution in [1.82, 2.24) is 0 Å². The third-order valence-electron chi connectivity index (χ3n) is 1.49. The molecule has 1 aromatic carbocycles. The van der Waals surface area contributed by atoms with Crippen LogP contribution >= 0.6 is 0 Å². The third kappa shape index (κ3) is 2.48. The van der Waals surface area contributed by atoms with Gasteiger partial charge in [0.05, 0.1) is 10.6 Å². The minimum Gasteiger partial charge on any atom is -0.427 e. The molecule has 0 amide bonds. The summed E-state index contributed by atoms with van der Waals surface area (Å²) < 4.78 is 40.2. The zero-order chi connectivity index (χ0) is 11.6. The summed E-state index contributed by atoms with van der Waals surface area (Å²) in [7, 11) is 0. The van der Waals surface area contributed by atoms with Crippen LogP contribution in [0.1, 0.15) is 0 Å². The summed E-state index contributed by atoms with van der Waals surface area (Å²) in [5.74, 6) is -1.92. The van der Waals surface area contributed by atoms with Gasteiger partial charge in [-0.15, -0.1) is 0 Å². The number of halogens is 3. The highest BCUT2D eigenvalue weighted by Crippen LogP contribution is 2.32. The fourth-order valence-electron chi connectivity index (χ4n) is 0.893. The molecule has 82 valence electrons. The van der Waals surface area contributed by atoms with Crippen LogP contribution in [0.5, 0.6) is 5.75 Å². The van der Waals surface area contributed by atoms with Gasteiger partial charge in [-0.05, 0) is 0 Å². The van der Waals surface area contributed by atoms with Crippen LogP contribution in [0.4, 0.5) is 24.5 Å². The lowest BCUT2D eigenvalue weighted by Gasteiger charge is -2.06. The van der Waals surface area contributed by atoms with Crippen molar-refractivity contribution in [1.29, 1.82) is 0 Å². The van der Waals surface area contributed by atoms with E-state index in [9.17, 15) is 23.3 Å². The number of anilines is 1. The van der Waals surface area contributed by atoms with Crippen molar-refractivity contribution >= 4 is 11.4 Å². The topological polar surface area (TPSA) is 78.4 Å². The quantitative estimate of drug-likeness (QED) is 0.481. The Morgan fingerprint density at radius 2 is 2.07 bits per heavy atom. The average molecular weight is 222 g/mol. The molecule has 0 aliphatic heterocycles. The first-order chi connectivity index (χ1) is 6.91. The van der Waals surface area contributed by atoms with E-state index in [0.717, 1.165) is 0 Å². The molecule has 1 aromatic rings. The van der Waals surface area contributed by atoms with E-state index in [2.05, 4.69) is 4.74 Å². The summed E-state index contributed by atoms with van der Waals surface area (Å²) in [6, 6.07) is 1.06. The fraction of sp³-hybridized carbons (Fsp3) is 0.143. The van der Waals surface area contributed by atoms with Gasteiger partial charge >= 0.3 is 12.3 Å². The second-order valence-corrected chi connectivity index (χ2v) is 2.48. The number of hydrogen-bond donors (Lipinski definition) is 1. The van der Waals surface area contributed by atoms with Gasteiger partial charge in [0.25, 0.3) is 0 Å². The Bertz CT molecular complexity index is 397. The molecule has 0 saturated carbocycles. The molecule has 15 heavy (non-hydrogen) atoms. The van der Waals surface area contributed by atoms with Gasteiger partial charge < -0.3 is 10.5 Å². The lowest BCUT2D eigenvalue weighted by atomic mass is 10.2. The minimum atomic E-state index is -3.27. The predicted octanol–water partition coefficient (Wildman–Crippen LogP) is 1.92. The Kier molecular flexibility index (Phi) is 2.98. The first kappa shape index (κ1) is 11.1. The number of nitrogens with two attached hydrogens (primary N) is 1. The summed E-state index contributed by atoms with van der Waals surface area (Å²) in [4.78, 5) is 9.38.